The van der Waals surface area contributed by atoms with E-state index in [-0.39, 0.29) is 37.6 Å². The minimum Gasteiger partial charge on any atom is -0.378 e. The van der Waals surface area contributed by atoms with Crippen molar-refractivity contribution in [3.8, 4) is 22.5 Å². The van der Waals surface area contributed by atoms with Crippen LogP contribution in [0.5, 0.6) is 0 Å². The fourth-order valence-electron chi connectivity index (χ4n) is 4.44. The van der Waals surface area contributed by atoms with Crippen LogP contribution in [0.4, 0.5) is 17.1 Å². The number of anilines is 1. The van der Waals surface area contributed by atoms with Crippen LogP contribution in [-0.4, -0.2) is 51.6 Å². The molecular weight excluding hydrogens is 478 g/mol. The van der Waals surface area contributed by atoms with Crippen LogP contribution in [0.25, 0.3) is 22.5 Å². The van der Waals surface area contributed by atoms with Crippen LogP contribution in [0, 0.1) is 20.2 Å². The van der Waals surface area contributed by atoms with Crippen LogP contribution in [0.15, 0.2) is 79.1 Å². The van der Waals surface area contributed by atoms with Crippen LogP contribution >= 0.6 is 0 Å². The molecule has 0 amide bonds. The van der Waals surface area contributed by atoms with Crippen LogP contribution in [0.2, 0.25) is 0 Å². The monoisotopic (exact) mass is 499 g/mol. The lowest BCUT2D eigenvalue weighted by molar-refractivity contribution is -0.392. The molecule has 0 spiro atoms. The Morgan fingerprint density at radius 1 is 0.838 bits per heavy atom. The van der Waals surface area contributed by atoms with Crippen molar-refractivity contribution in [1.29, 1.82) is 0 Å². The van der Waals surface area contributed by atoms with Gasteiger partial charge >= 0.3 is 0 Å². The first-order valence-corrected chi connectivity index (χ1v) is 11.5. The summed E-state index contributed by atoms with van der Waals surface area (Å²) in [6.07, 6.45) is 1.33. The fraction of sp³-hybridized carbons (Fsp3) is 0.154. The molecule has 11 heteroatoms. The van der Waals surface area contributed by atoms with Gasteiger partial charge in [-0.25, -0.2) is 4.98 Å². The zero-order chi connectivity index (χ0) is 25.9. The SMILES string of the molecule is O=C(c1cc([N+](=O)[O-])c(N2CCOCC2)c([N+](=O)[O-])c1)n1cnc(-c2ccccc2)c1-c1ccccc1. The van der Waals surface area contributed by atoms with Crippen molar-refractivity contribution in [3.05, 3.63) is 105 Å². The Morgan fingerprint density at radius 3 is 1.92 bits per heavy atom. The van der Waals surface area contributed by atoms with E-state index >= 15 is 0 Å². The molecule has 0 atom stereocenters. The lowest BCUT2D eigenvalue weighted by Crippen LogP contribution is -2.37. The average molecular weight is 499 g/mol. The number of hydrogen-bond acceptors (Lipinski definition) is 8. The van der Waals surface area contributed by atoms with Crippen molar-refractivity contribution in [2.24, 2.45) is 0 Å². The highest BCUT2D eigenvalue weighted by Gasteiger charge is 2.34. The Morgan fingerprint density at radius 2 is 1.38 bits per heavy atom. The van der Waals surface area contributed by atoms with Crippen molar-refractivity contribution in [1.82, 2.24) is 9.55 Å². The first-order valence-electron chi connectivity index (χ1n) is 11.5. The van der Waals surface area contributed by atoms with Crippen molar-refractivity contribution in [2.45, 2.75) is 0 Å². The van der Waals surface area contributed by atoms with E-state index in [0.717, 1.165) is 17.7 Å². The molecule has 4 aromatic rings. The second-order valence-corrected chi connectivity index (χ2v) is 8.33. The lowest BCUT2D eigenvalue weighted by atomic mass is 10.0. The van der Waals surface area contributed by atoms with Crippen LogP contribution in [0.1, 0.15) is 10.4 Å². The zero-order valence-corrected chi connectivity index (χ0v) is 19.5. The van der Waals surface area contributed by atoms with Gasteiger partial charge in [0, 0.05) is 36.3 Å². The van der Waals surface area contributed by atoms with E-state index < -0.39 is 27.1 Å². The molecule has 1 fully saturated rings. The Bertz CT molecular complexity index is 1450. The highest BCUT2D eigenvalue weighted by Crippen LogP contribution is 2.40. The number of ether oxygens (including phenoxy) is 1. The first-order chi connectivity index (χ1) is 18.0. The van der Waals surface area contributed by atoms with Crippen molar-refractivity contribution in [2.75, 3.05) is 31.2 Å². The molecule has 3 aromatic carbocycles. The average Bonchev–Trinajstić information content (AvgIpc) is 3.38. The van der Waals surface area contributed by atoms with Gasteiger partial charge in [0.25, 0.3) is 17.3 Å². The summed E-state index contributed by atoms with van der Waals surface area (Å²) in [4.78, 5) is 42.4. The molecule has 0 unspecified atom stereocenters. The van der Waals surface area contributed by atoms with E-state index in [0.29, 0.717) is 17.0 Å². The maximum atomic E-state index is 13.8. The van der Waals surface area contributed by atoms with Gasteiger partial charge in [0.2, 0.25) is 0 Å². The van der Waals surface area contributed by atoms with Crippen molar-refractivity contribution in [3.63, 3.8) is 0 Å². The largest absolute Gasteiger partial charge is 0.378 e. The first kappa shape index (κ1) is 23.8. The molecule has 5 rings (SSSR count). The molecule has 186 valence electrons. The van der Waals surface area contributed by atoms with Crippen LogP contribution < -0.4 is 4.90 Å². The lowest BCUT2D eigenvalue weighted by Gasteiger charge is -2.28. The minimum absolute atomic E-state index is 0.131. The van der Waals surface area contributed by atoms with E-state index in [1.165, 1.54) is 10.9 Å². The van der Waals surface area contributed by atoms with Gasteiger partial charge in [0.05, 0.1) is 40.0 Å². The standard InChI is InChI=1S/C26H21N5O6/c32-26(20-15-21(30(33)34)25(22(16-20)31(35)36)28-11-13-37-14-12-28)29-17-27-23(18-7-3-1-4-8-18)24(29)19-9-5-2-6-10-19/h1-10,15-17H,11-14H2. The molecule has 2 heterocycles. The summed E-state index contributed by atoms with van der Waals surface area (Å²) < 4.78 is 6.56. The molecule has 0 bridgehead atoms. The van der Waals surface area contributed by atoms with E-state index in [1.807, 2.05) is 60.7 Å². The third kappa shape index (κ3) is 4.55. The van der Waals surface area contributed by atoms with Gasteiger partial charge in [0.1, 0.15) is 6.33 Å². The predicted octanol–water partition coefficient (Wildman–Crippen LogP) is 4.56. The van der Waals surface area contributed by atoms with Crippen molar-refractivity contribution >= 4 is 23.0 Å². The highest BCUT2D eigenvalue weighted by atomic mass is 16.6. The molecule has 0 radical (unpaired) electrons. The van der Waals surface area contributed by atoms with Crippen molar-refractivity contribution < 1.29 is 19.4 Å². The molecule has 0 N–H and O–H groups in total. The second-order valence-electron chi connectivity index (χ2n) is 8.33. The maximum Gasteiger partial charge on any atom is 0.300 e. The van der Waals surface area contributed by atoms with Crippen LogP contribution in [-0.2, 0) is 4.74 Å². The summed E-state index contributed by atoms with van der Waals surface area (Å²) in [5, 5.41) is 24.0. The Labute approximate surface area is 210 Å². The third-order valence-corrected chi connectivity index (χ3v) is 6.12. The topological polar surface area (TPSA) is 134 Å². The fourth-order valence-corrected chi connectivity index (χ4v) is 4.44. The minimum atomic E-state index is -0.698. The number of nitro groups is 2. The van der Waals surface area contributed by atoms with Gasteiger partial charge in [0.15, 0.2) is 5.69 Å². The maximum absolute atomic E-state index is 13.8. The second kappa shape index (κ2) is 9.99. The number of rotatable bonds is 6. The Balaban J connectivity index is 1.68. The molecule has 1 aliphatic heterocycles. The summed E-state index contributed by atoms with van der Waals surface area (Å²) >= 11 is 0. The van der Waals surface area contributed by atoms with Gasteiger partial charge in [-0.2, -0.15) is 0 Å². The molecule has 11 nitrogen and oxygen atoms in total. The zero-order valence-electron chi connectivity index (χ0n) is 19.5. The summed E-state index contributed by atoms with van der Waals surface area (Å²) in [5.41, 5.74) is 1.13. The number of hydrogen-bond donors (Lipinski definition) is 0. The highest BCUT2D eigenvalue weighted by molar-refractivity contribution is 6.02. The Hall–Kier alpha value is -4.90. The van der Waals surface area contributed by atoms with E-state index in [1.54, 1.807) is 4.90 Å². The molecular formula is C26H21N5O6. The van der Waals surface area contributed by atoms with Gasteiger partial charge in [-0.05, 0) is 0 Å². The Kier molecular flexibility index (Phi) is 6.43. The van der Waals surface area contributed by atoms with Gasteiger partial charge in [-0.1, -0.05) is 60.7 Å². The third-order valence-electron chi connectivity index (χ3n) is 6.12. The number of carbonyl (C=O) groups excluding carboxylic acids is 1. The summed E-state index contributed by atoms with van der Waals surface area (Å²) in [6, 6.07) is 20.6. The smallest absolute Gasteiger partial charge is 0.300 e. The number of benzene rings is 3. The molecule has 0 aliphatic carbocycles. The molecule has 0 saturated carbocycles. The van der Waals surface area contributed by atoms with Gasteiger partial charge in [-0.3, -0.25) is 29.6 Å². The van der Waals surface area contributed by atoms with E-state index in [4.69, 9.17) is 4.74 Å². The van der Waals surface area contributed by atoms with E-state index in [2.05, 4.69) is 4.98 Å². The number of nitrogens with zero attached hydrogens (tertiary/aromatic N) is 5. The van der Waals surface area contributed by atoms with Gasteiger partial charge < -0.3 is 9.64 Å². The summed E-state index contributed by atoms with van der Waals surface area (Å²) in [6.45, 7) is 1.09. The number of nitro benzene ring substituents is 2. The molecule has 1 aromatic heterocycles. The molecule has 1 saturated heterocycles. The quantitative estimate of drug-likeness (QED) is 0.278. The normalized spacial score (nSPS) is 13.4. The van der Waals surface area contributed by atoms with E-state index in [9.17, 15) is 25.0 Å². The number of imidazole rings is 1. The molecule has 37 heavy (non-hydrogen) atoms. The number of morpholine rings is 1. The van der Waals surface area contributed by atoms with Crippen LogP contribution in [0.3, 0.4) is 0 Å². The predicted molar refractivity (Wildman–Crippen MR) is 136 cm³/mol. The van der Waals surface area contributed by atoms with Gasteiger partial charge in [-0.15, -0.1) is 0 Å². The number of aromatic nitrogens is 2. The summed E-state index contributed by atoms with van der Waals surface area (Å²) in [5.74, 6) is -0.673. The molecule has 1 aliphatic rings. The number of carbonyl (C=O) groups is 1. The summed E-state index contributed by atoms with van der Waals surface area (Å²) in [7, 11) is 0.